The van der Waals surface area contributed by atoms with Gasteiger partial charge in [-0.1, -0.05) is 11.6 Å². The minimum atomic E-state index is -0.723. The number of piperidine rings is 1. The van der Waals surface area contributed by atoms with Gasteiger partial charge in [0.1, 0.15) is 5.75 Å². The molecule has 0 spiro atoms. The number of ether oxygens (including phenoxy) is 1. The fourth-order valence-corrected chi connectivity index (χ4v) is 2.87. The van der Waals surface area contributed by atoms with E-state index in [1.54, 1.807) is 18.2 Å². The van der Waals surface area contributed by atoms with Crippen LogP contribution in [-0.4, -0.2) is 48.5 Å². The number of carboxylic acids is 1. The second-order valence-corrected chi connectivity index (χ2v) is 5.91. The van der Waals surface area contributed by atoms with Crippen LogP contribution >= 0.6 is 11.6 Å². The number of carbonyl (C=O) groups excluding carboxylic acids is 1. The third-order valence-electron chi connectivity index (χ3n) is 4.05. The Morgan fingerprint density at radius 1 is 1.36 bits per heavy atom. The van der Waals surface area contributed by atoms with E-state index in [0.717, 1.165) is 13.1 Å². The maximum Gasteiger partial charge on any atom is 0.306 e. The first kappa shape index (κ1) is 16.8. The van der Waals surface area contributed by atoms with Crippen molar-refractivity contribution >= 4 is 23.4 Å². The van der Waals surface area contributed by atoms with E-state index in [1.165, 1.54) is 7.11 Å². The average molecular weight is 326 g/mol. The lowest BCUT2D eigenvalue weighted by Crippen LogP contribution is -2.37. The minimum Gasteiger partial charge on any atom is -0.496 e. The summed E-state index contributed by atoms with van der Waals surface area (Å²) < 4.78 is 5.20. The lowest BCUT2D eigenvalue weighted by atomic mass is 9.97. The first-order valence-corrected chi connectivity index (χ1v) is 7.71. The van der Waals surface area contributed by atoms with Crippen molar-refractivity contribution in [2.24, 2.45) is 5.92 Å². The van der Waals surface area contributed by atoms with Gasteiger partial charge in [0.25, 0.3) is 0 Å². The molecule has 22 heavy (non-hydrogen) atoms. The Morgan fingerprint density at radius 2 is 2.05 bits per heavy atom. The number of likely N-dealkylation sites (tertiary alicyclic amines) is 1. The van der Waals surface area contributed by atoms with E-state index in [-0.39, 0.29) is 11.7 Å². The molecule has 1 aliphatic heterocycles. The van der Waals surface area contributed by atoms with Gasteiger partial charge in [0, 0.05) is 18.0 Å². The number of hydrogen-bond donors (Lipinski definition) is 1. The number of methoxy groups -OCH3 is 1. The molecule has 1 aromatic carbocycles. The van der Waals surface area contributed by atoms with Crippen LogP contribution in [0.5, 0.6) is 5.75 Å². The summed E-state index contributed by atoms with van der Waals surface area (Å²) in [5, 5.41) is 9.48. The Kier molecular flexibility index (Phi) is 5.80. The molecule has 1 fully saturated rings. The largest absolute Gasteiger partial charge is 0.496 e. The van der Waals surface area contributed by atoms with Crippen LogP contribution < -0.4 is 4.74 Å². The molecule has 1 heterocycles. The van der Waals surface area contributed by atoms with Gasteiger partial charge in [-0.15, -0.1) is 0 Å². The lowest BCUT2D eigenvalue weighted by molar-refractivity contribution is -0.143. The standard InChI is InChI=1S/C16H20ClNO4/c1-22-15-3-2-12(17)10-13(15)14(19)6-9-18-7-4-11(5-8-18)16(20)21/h2-3,10-11H,4-9H2,1H3,(H,20,21). The van der Waals surface area contributed by atoms with Crippen LogP contribution in [0.4, 0.5) is 0 Å². The molecule has 0 saturated carbocycles. The van der Waals surface area contributed by atoms with Crippen LogP contribution in [0.25, 0.3) is 0 Å². The normalized spacial score (nSPS) is 16.5. The number of rotatable bonds is 6. The Balaban J connectivity index is 1.89. The number of Topliss-reactive ketones (excluding diaryl/α,β-unsaturated/α-hetero) is 1. The molecule has 0 atom stereocenters. The van der Waals surface area contributed by atoms with E-state index < -0.39 is 5.97 Å². The molecule has 0 amide bonds. The molecule has 5 nitrogen and oxygen atoms in total. The van der Waals surface area contributed by atoms with Gasteiger partial charge in [-0.2, -0.15) is 0 Å². The average Bonchev–Trinajstić information content (AvgIpc) is 2.53. The molecular weight excluding hydrogens is 306 g/mol. The molecule has 120 valence electrons. The van der Waals surface area contributed by atoms with Gasteiger partial charge in [-0.25, -0.2) is 0 Å². The van der Waals surface area contributed by atoms with Crippen LogP contribution in [0.2, 0.25) is 5.02 Å². The summed E-state index contributed by atoms with van der Waals surface area (Å²) in [6, 6.07) is 5.00. The quantitative estimate of drug-likeness (QED) is 0.815. The topological polar surface area (TPSA) is 66.8 Å². The SMILES string of the molecule is COc1ccc(Cl)cc1C(=O)CCN1CCC(C(=O)O)CC1. The summed E-state index contributed by atoms with van der Waals surface area (Å²) in [5.41, 5.74) is 0.496. The number of hydrogen-bond acceptors (Lipinski definition) is 4. The smallest absolute Gasteiger partial charge is 0.306 e. The Labute approximate surface area is 134 Å². The summed E-state index contributed by atoms with van der Waals surface area (Å²) in [7, 11) is 1.52. The van der Waals surface area contributed by atoms with E-state index in [4.69, 9.17) is 21.4 Å². The van der Waals surface area contributed by atoms with Crippen LogP contribution in [0.15, 0.2) is 18.2 Å². The van der Waals surface area contributed by atoms with E-state index in [0.29, 0.717) is 42.1 Å². The summed E-state index contributed by atoms with van der Waals surface area (Å²) in [4.78, 5) is 25.4. The van der Waals surface area contributed by atoms with Crippen LogP contribution in [0, 0.1) is 5.92 Å². The fraction of sp³-hybridized carbons (Fsp3) is 0.500. The third-order valence-corrected chi connectivity index (χ3v) is 4.29. The lowest BCUT2D eigenvalue weighted by Gasteiger charge is -2.29. The molecule has 1 aliphatic rings. The van der Waals surface area contributed by atoms with E-state index in [2.05, 4.69) is 4.90 Å². The van der Waals surface area contributed by atoms with Crippen molar-refractivity contribution in [2.45, 2.75) is 19.3 Å². The molecule has 1 aromatic rings. The maximum atomic E-state index is 12.3. The van der Waals surface area contributed by atoms with E-state index in [1.807, 2.05) is 0 Å². The van der Waals surface area contributed by atoms with Gasteiger partial charge in [-0.05, 0) is 44.1 Å². The molecule has 2 rings (SSSR count). The zero-order valence-electron chi connectivity index (χ0n) is 12.5. The Hall–Kier alpha value is -1.59. The number of benzene rings is 1. The predicted octanol–water partition coefficient (Wildman–Crippen LogP) is 2.72. The van der Waals surface area contributed by atoms with E-state index in [9.17, 15) is 9.59 Å². The second kappa shape index (κ2) is 7.61. The molecule has 1 N–H and O–H groups in total. The molecule has 6 heteroatoms. The second-order valence-electron chi connectivity index (χ2n) is 5.47. The van der Waals surface area contributed by atoms with Crippen molar-refractivity contribution in [2.75, 3.05) is 26.7 Å². The van der Waals surface area contributed by atoms with Crippen molar-refractivity contribution in [3.63, 3.8) is 0 Å². The van der Waals surface area contributed by atoms with Crippen molar-refractivity contribution in [3.8, 4) is 5.75 Å². The summed E-state index contributed by atoms with van der Waals surface area (Å²) in [5.74, 6) is -0.460. The minimum absolute atomic E-state index is 0.0142. The monoisotopic (exact) mass is 325 g/mol. The number of nitrogens with zero attached hydrogens (tertiary/aromatic N) is 1. The van der Waals surface area contributed by atoms with Gasteiger partial charge in [0.15, 0.2) is 5.78 Å². The van der Waals surface area contributed by atoms with Crippen molar-refractivity contribution < 1.29 is 19.4 Å². The highest BCUT2D eigenvalue weighted by Crippen LogP contribution is 2.24. The molecule has 0 unspecified atom stereocenters. The van der Waals surface area contributed by atoms with Crippen LogP contribution in [-0.2, 0) is 4.79 Å². The number of halogens is 1. The zero-order valence-corrected chi connectivity index (χ0v) is 13.3. The number of aliphatic carboxylic acids is 1. The zero-order chi connectivity index (χ0) is 16.1. The van der Waals surface area contributed by atoms with Gasteiger partial charge >= 0.3 is 5.97 Å². The molecule has 0 aromatic heterocycles. The first-order valence-electron chi connectivity index (χ1n) is 7.33. The predicted molar refractivity (Wildman–Crippen MR) is 83.8 cm³/mol. The highest BCUT2D eigenvalue weighted by Gasteiger charge is 2.24. The number of carboxylic acid groups (broad SMARTS) is 1. The van der Waals surface area contributed by atoms with E-state index >= 15 is 0 Å². The fourth-order valence-electron chi connectivity index (χ4n) is 2.70. The number of ketones is 1. The third kappa shape index (κ3) is 4.21. The molecule has 0 bridgehead atoms. The Bertz CT molecular complexity index is 553. The van der Waals surface area contributed by atoms with Crippen molar-refractivity contribution in [1.82, 2.24) is 4.90 Å². The molecule has 0 radical (unpaired) electrons. The highest BCUT2D eigenvalue weighted by atomic mass is 35.5. The molecule has 1 saturated heterocycles. The van der Waals surface area contributed by atoms with Crippen LogP contribution in [0.3, 0.4) is 0 Å². The van der Waals surface area contributed by atoms with Gasteiger partial charge in [0.2, 0.25) is 0 Å². The maximum absolute atomic E-state index is 12.3. The molecule has 0 aliphatic carbocycles. The van der Waals surface area contributed by atoms with Crippen LogP contribution in [0.1, 0.15) is 29.6 Å². The van der Waals surface area contributed by atoms with Crippen molar-refractivity contribution in [1.29, 1.82) is 0 Å². The number of carbonyl (C=O) groups is 2. The summed E-state index contributed by atoms with van der Waals surface area (Å²) in [6.07, 6.45) is 1.66. The highest BCUT2D eigenvalue weighted by molar-refractivity contribution is 6.31. The summed E-state index contributed by atoms with van der Waals surface area (Å²) >= 11 is 5.94. The molecular formula is C16H20ClNO4. The Morgan fingerprint density at radius 3 is 2.64 bits per heavy atom. The van der Waals surface area contributed by atoms with Gasteiger partial charge in [0.05, 0.1) is 18.6 Å². The summed E-state index contributed by atoms with van der Waals surface area (Å²) in [6.45, 7) is 2.06. The van der Waals surface area contributed by atoms with Gasteiger partial charge < -0.3 is 14.7 Å². The van der Waals surface area contributed by atoms with Gasteiger partial charge in [-0.3, -0.25) is 9.59 Å². The van der Waals surface area contributed by atoms with Crippen molar-refractivity contribution in [3.05, 3.63) is 28.8 Å². The first-order chi connectivity index (χ1) is 10.5.